The molecular weight excluding hydrogens is 333 g/mol. The molecule has 1 fully saturated rings. The maximum absolute atomic E-state index is 11.2. The third-order valence-corrected chi connectivity index (χ3v) is 5.19. The van der Waals surface area contributed by atoms with E-state index in [2.05, 4.69) is 4.90 Å². The lowest BCUT2D eigenvalue weighted by Gasteiger charge is -2.18. The van der Waals surface area contributed by atoms with E-state index in [9.17, 15) is 8.42 Å². The Balaban J connectivity index is 1.95. The number of hydrogen-bond donors (Lipinski definition) is 0. The molecule has 1 aliphatic heterocycles. The molecule has 0 aromatic heterocycles. The lowest BCUT2D eigenvalue weighted by atomic mass is 10.1. The normalized spacial score (nSPS) is 21.2. The van der Waals surface area contributed by atoms with Crippen molar-refractivity contribution in [2.45, 2.75) is 12.5 Å². The van der Waals surface area contributed by atoms with Crippen molar-refractivity contribution >= 4 is 33.0 Å². The molecule has 0 saturated carbocycles. The summed E-state index contributed by atoms with van der Waals surface area (Å²) < 4.78 is 28.3. The molecule has 4 nitrogen and oxygen atoms in total. The number of hydrogen-bond acceptors (Lipinski definition) is 4. The monoisotopic (exact) mass is 351 g/mol. The number of rotatable bonds is 4. The van der Waals surface area contributed by atoms with Crippen molar-refractivity contribution in [1.29, 1.82) is 0 Å². The summed E-state index contributed by atoms with van der Waals surface area (Å²) in [5.41, 5.74) is 1.01. The van der Waals surface area contributed by atoms with E-state index >= 15 is 0 Å². The van der Waals surface area contributed by atoms with Crippen LogP contribution in [0, 0.1) is 0 Å². The van der Waals surface area contributed by atoms with Gasteiger partial charge in [-0.1, -0.05) is 29.3 Å². The Bertz CT molecular complexity index is 592. The Kier molecular flexibility index (Phi) is 5.91. The average Bonchev–Trinajstić information content (AvgIpc) is 2.64. The van der Waals surface area contributed by atoms with Crippen molar-refractivity contribution in [2.24, 2.45) is 0 Å². The van der Waals surface area contributed by atoms with Gasteiger partial charge in [-0.2, -0.15) is 0 Å². The second-order valence-electron chi connectivity index (χ2n) is 5.29. The molecule has 0 N–H and O–H groups in total. The molecule has 0 aliphatic carbocycles. The van der Waals surface area contributed by atoms with E-state index in [1.54, 1.807) is 6.07 Å². The highest BCUT2D eigenvalue weighted by Gasteiger charge is 2.20. The van der Waals surface area contributed by atoms with Crippen LogP contribution in [0.1, 0.15) is 18.1 Å². The van der Waals surface area contributed by atoms with Crippen molar-refractivity contribution in [3.8, 4) is 0 Å². The summed E-state index contributed by atoms with van der Waals surface area (Å²) in [7, 11) is -2.93. The van der Waals surface area contributed by atoms with Crippen LogP contribution in [0.25, 0.3) is 0 Å². The molecule has 21 heavy (non-hydrogen) atoms. The molecule has 0 bridgehead atoms. The highest BCUT2D eigenvalue weighted by atomic mass is 35.5. The maximum atomic E-state index is 11.2. The van der Waals surface area contributed by atoms with Crippen LogP contribution in [0.5, 0.6) is 0 Å². The van der Waals surface area contributed by atoms with Gasteiger partial charge in [-0.05, 0) is 24.1 Å². The van der Waals surface area contributed by atoms with Crippen molar-refractivity contribution in [3.05, 3.63) is 33.8 Å². The van der Waals surface area contributed by atoms with Gasteiger partial charge in [-0.15, -0.1) is 0 Å². The van der Waals surface area contributed by atoms with Gasteiger partial charge in [0, 0.05) is 25.9 Å². The maximum Gasteiger partial charge on any atom is 0.148 e. The first-order chi connectivity index (χ1) is 9.85. The molecule has 2 rings (SSSR count). The number of ether oxygens (including phenoxy) is 1. The minimum absolute atomic E-state index is 0.0250. The van der Waals surface area contributed by atoms with Gasteiger partial charge < -0.3 is 4.74 Å². The van der Waals surface area contributed by atoms with E-state index in [0.29, 0.717) is 23.2 Å². The molecular formula is C14H19Cl2NO3S. The summed E-state index contributed by atoms with van der Waals surface area (Å²) >= 11 is 12.0. The lowest BCUT2D eigenvalue weighted by molar-refractivity contribution is 0.0619. The zero-order valence-electron chi connectivity index (χ0n) is 11.9. The van der Waals surface area contributed by atoms with Gasteiger partial charge in [-0.3, -0.25) is 4.90 Å². The van der Waals surface area contributed by atoms with Crippen molar-refractivity contribution < 1.29 is 13.2 Å². The molecule has 0 spiro atoms. The summed E-state index contributed by atoms with van der Waals surface area (Å²) in [6.45, 7) is 2.68. The first kappa shape index (κ1) is 17.0. The third kappa shape index (κ3) is 5.42. The number of benzene rings is 1. The lowest BCUT2D eigenvalue weighted by Crippen LogP contribution is -2.31. The molecule has 1 aromatic carbocycles. The van der Waals surface area contributed by atoms with Crippen LogP contribution < -0.4 is 0 Å². The predicted octanol–water partition coefficient (Wildman–Crippen LogP) is 2.80. The Labute approximate surface area is 135 Å². The standard InChI is InChI=1S/C14H19Cl2NO3S/c1-21(18,19)9-7-17-5-4-14(20-8-6-17)11-2-3-12(15)13(16)10-11/h2-3,10,14H,4-9H2,1H3. The summed E-state index contributed by atoms with van der Waals surface area (Å²) in [5.74, 6) is 0.185. The zero-order chi connectivity index (χ0) is 15.5. The van der Waals surface area contributed by atoms with E-state index in [-0.39, 0.29) is 11.9 Å². The van der Waals surface area contributed by atoms with Gasteiger partial charge in [-0.25, -0.2) is 8.42 Å². The van der Waals surface area contributed by atoms with Crippen LogP contribution in [0.2, 0.25) is 10.0 Å². The smallest absolute Gasteiger partial charge is 0.148 e. The number of nitrogens with zero attached hydrogens (tertiary/aromatic N) is 1. The molecule has 1 unspecified atom stereocenters. The van der Waals surface area contributed by atoms with E-state index in [1.807, 2.05) is 12.1 Å². The van der Waals surface area contributed by atoms with Gasteiger partial charge >= 0.3 is 0 Å². The molecule has 1 atom stereocenters. The van der Waals surface area contributed by atoms with Crippen LogP contribution in [0.15, 0.2) is 18.2 Å². The second-order valence-corrected chi connectivity index (χ2v) is 8.37. The summed E-state index contributed by atoms with van der Waals surface area (Å²) in [4.78, 5) is 2.12. The van der Waals surface area contributed by atoms with Crippen LogP contribution >= 0.6 is 23.2 Å². The first-order valence-electron chi connectivity index (χ1n) is 6.82. The molecule has 1 aromatic rings. The summed E-state index contributed by atoms with van der Waals surface area (Å²) in [6.07, 6.45) is 2.05. The molecule has 0 amide bonds. The highest BCUT2D eigenvalue weighted by Crippen LogP contribution is 2.29. The SMILES string of the molecule is CS(=O)(=O)CCN1CCOC(c2ccc(Cl)c(Cl)c2)CC1. The quantitative estimate of drug-likeness (QED) is 0.836. The zero-order valence-corrected chi connectivity index (χ0v) is 14.2. The van der Waals surface area contributed by atoms with E-state index < -0.39 is 9.84 Å². The van der Waals surface area contributed by atoms with Gasteiger partial charge in [0.1, 0.15) is 9.84 Å². The highest BCUT2D eigenvalue weighted by molar-refractivity contribution is 7.90. The molecule has 1 aliphatic rings. The van der Waals surface area contributed by atoms with Gasteiger partial charge in [0.25, 0.3) is 0 Å². The van der Waals surface area contributed by atoms with E-state index in [0.717, 1.165) is 25.1 Å². The van der Waals surface area contributed by atoms with Gasteiger partial charge in [0.05, 0.1) is 28.5 Å². The Morgan fingerprint density at radius 1 is 1.29 bits per heavy atom. The number of halogens is 2. The fraction of sp³-hybridized carbons (Fsp3) is 0.571. The molecule has 0 radical (unpaired) electrons. The molecule has 7 heteroatoms. The van der Waals surface area contributed by atoms with Crippen molar-refractivity contribution in [1.82, 2.24) is 4.90 Å². The van der Waals surface area contributed by atoms with Crippen LogP contribution in [0.3, 0.4) is 0 Å². The fourth-order valence-electron chi connectivity index (χ4n) is 2.31. The summed E-state index contributed by atoms with van der Waals surface area (Å²) in [5, 5.41) is 1.06. The van der Waals surface area contributed by atoms with Crippen LogP contribution in [0.4, 0.5) is 0 Å². The average molecular weight is 352 g/mol. The number of sulfone groups is 1. The minimum Gasteiger partial charge on any atom is -0.372 e. The van der Waals surface area contributed by atoms with Gasteiger partial charge in [0.15, 0.2) is 0 Å². The molecule has 118 valence electrons. The largest absolute Gasteiger partial charge is 0.372 e. The minimum atomic E-state index is -2.93. The first-order valence-corrected chi connectivity index (χ1v) is 9.63. The van der Waals surface area contributed by atoms with Crippen LogP contribution in [-0.2, 0) is 14.6 Å². The Morgan fingerprint density at radius 2 is 2.05 bits per heavy atom. The van der Waals surface area contributed by atoms with E-state index in [4.69, 9.17) is 27.9 Å². The third-order valence-electron chi connectivity index (χ3n) is 3.53. The topological polar surface area (TPSA) is 46.6 Å². The van der Waals surface area contributed by atoms with Gasteiger partial charge in [0.2, 0.25) is 0 Å². The molecule has 1 heterocycles. The van der Waals surface area contributed by atoms with E-state index in [1.165, 1.54) is 6.26 Å². The van der Waals surface area contributed by atoms with Crippen LogP contribution in [-0.4, -0.2) is 51.6 Å². The van der Waals surface area contributed by atoms with Crippen molar-refractivity contribution in [3.63, 3.8) is 0 Å². The Morgan fingerprint density at radius 3 is 2.71 bits per heavy atom. The summed E-state index contributed by atoms with van der Waals surface area (Å²) in [6, 6.07) is 5.53. The molecule has 1 saturated heterocycles. The van der Waals surface area contributed by atoms with Crippen molar-refractivity contribution in [2.75, 3.05) is 38.2 Å². The Hall–Kier alpha value is -0.330. The fourth-order valence-corrected chi connectivity index (χ4v) is 3.21. The predicted molar refractivity (Wildman–Crippen MR) is 85.9 cm³/mol. The second kappa shape index (κ2) is 7.29.